The third kappa shape index (κ3) is 2.99. The lowest BCUT2D eigenvalue weighted by Crippen LogP contribution is -2.18. The first-order valence-corrected chi connectivity index (χ1v) is 8.63. The number of rotatable bonds is 6. The van der Waals surface area contributed by atoms with E-state index in [1.54, 1.807) is 17.6 Å². The maximum atomic E-state index is 10.9. The van der Waals surface area contributed by atoms with E-state index in [9.17, 15) is 4.21 Å². The van der Waals surface area contributed by atoms with Crippen LogP contribution in [0, 0.1) is 13.8 Å². The minimum absolute atomic E-state index is 0.686. The van der Waals surface area contributed by atoms with E-state index in [2.05, 4.69) is 33.9 Å². The third-order valence-electron chi connectivity index (χ3n) is 2.91. The van der Waals surface area contributed by atoms with Crippen molar-refractivity contribution in [2.75, 3.05) is 18.6 Å². The van der Waals surface area contributed by atoms with Crippen molar-refractivity contribution in [1.29, 1.82) is 0 Å². The molecule has 0 aliphatic heterocycles. The number of aryl methyl sites for hydroxylation is 2. The molecule has 0 spiro atoms. The molecule has 0 aromatic carbocycles. The van der Waals surface area contributed by atoms with E-state index < -0.39 is 10.8 Å². The summed E-state index contributed by atoms with van der Waals surface area (Å²) in [4.78, 5) is 5.62. The van der Waals surface area contributed by atoms with E-state index in [4.69, 9.17) is 0 Å². The van der Waals surface area contributed by atoms with Crippen molar-refractivity contribution in [2.45, 2.75) is 26.8 Å². The average molecular weight is 285 g/mol. The van der Waals surface area contributed by atoms with Crippen molar-refractivity contribution in [2.24, 2.45) is 0 Å². The van der Waals surface area contributed by atoms with Gasteiger partial charge in [-0.05, 0) is 26.8 Å². The summed E-state index contributed by atoms with van der Waals surface area (Å²) in [5.41, 5.74) is 3.57. The van der Waals surface area contributed by atoms with Crippen molar-refractivity contribution >= 4 is 27.1 Å². The number of hydrogen-bond donors (Lipinski definition) is 1. The quantitative estimate of drug-likeness (QED) is 0.824. The summed E-state index contributed by atoms with van der Waals surface area (Å²) in [6, 6.07) is 0. The van der Waals surface area contributed by atoms with Crippen molar-refractivity contribution in [3.05, 3.63) is 22.5 Å². The molecule has 100 valence electrons. The molecule has 0 saturated heterocycles. The summed E-state index contributed by atoms with van der Waals surface area (Å²) in [5, 5.41) is 5.53. The number of imidazole rings is 1. The number of hydrogen-bond acceptors (Lipinski definition) is 4. The van der Waals surface area contributed by atoms with Gasteiger partial charge in [-0.3, -0.25) is 8.61 Å². The molecule has 2 aromatic rings. The second-order valence-corrected chi connectivity index (χ2v) is 6.84. The summed E-state index contributed by atoms with van der Waals surface area (Å²) < 4.78 is 13.2. The molecular weight excluding hydrogens is 266 g/mol. The molecule has 6 heteroatoms. The van der Waals surface area contributed by atoms with Crippen molar-refractivity contribution < 1.29 is 4.21 Å². The fourth-order valence-corrected chi connectivity index (χ4v) is 3.46. The van der Waals surface area contributed by atoms with Crippen molar-refractivity contribution in [3.8, 4) is 0 Å². The molecule has 1 unspecified atom stereocenters. The maximum Gasteiger partial charge on any atom is 0.194 e. The molecule has 0 radical (unpaired) electrons. The zero-order chi connectivity index (χ0) is 13.1. The molecule has 1 atom stereocenters. The fourth-order valence-electron chi connectivity index (χ4n) is 1.98. The minimum Gasteiger partial charge on any atom is -0.311 e. The minimum atomic E-state index is -0.686. The molecule has 0 saturated carbocycles. The standard InChI is InChI=1S/C12H19N3OS2/c1-9-8-17-12-14-10(2)11(15(9)12)7-13-5-4-6-18(3)16/h8,13H,4-7H2,1-3H3. The molecular formula is C12H19N3OS2. The van der Waals surface area contributed by atoms with E-state index in [-0.39, 0.29) is 0 Å². The molecule has 4 nitrogen and oxygen atoms in total. The lowest BCUT2D eigenvalue weighted by molar-refractivity contribution is 0.650. The van der Waals surface area contributed by atoms with Crippen LogP contribution in [0.3, 0.4) is 0 Å². The Morgan fingerprint density at radius 3 is 3.00 bits per heavy atom. The monoisotopic (exact) mass is 285 g/mol. The molecule has 2 aromatic heterocycles. The van der Waals surface area contributed by atoms with Gasteiger partial charge in [0, 0.05) is 40.4 Å². The molecule has 0 aliphatic rings. The SMILES string of the molecule is Cc1nc2scc(C)n2c1CNCCCS(C)=O. The summed E-state index contributed by atoms with van der Waals surface area (Å²) in [5.74, 6) is 0.769. The van der Waals surface area contributed by atoms with Crippen molar-refractivity contribution in [3.63, 3.8) is 0 Å². The zero-order valence-corrected chi connectivity index (χ0v) is 12.7. The Bertz CT molecular complexity index is 559. The Labute approximate surface area is 114 Å². The van der Waals surface area contributed by atoms with Gasteiger partial charge in [-0.1, -0.05) is 0 Å². The van der Waals surface area contributed by atoms with Crippen LogP contribution < -0.4 is 5.32 Å². The fraction of sp³-hybridized carbons (Fsp3) is 0.583. The largest absolute Gasteiger partial charge is 0.311 e. The van der Waals surface area contributed by atoms with E-state index >= 15 is 0 Å². The molecule has 1 N–H and O–H groups in total. The van der Waals surface area contributed by atoms with Crippen LogP contribution in [-0.4, -0.2) is 32.1 Å². The number of aromatic nitrogens is 2. The Morgan fingerprint density at radius 2 is 2.28 bits per heavy atom. The highest BCUT2D eigenvalue weighted by atomic mass is 32.2. The van der Waals surface area contributed by atoms with Gasteiger partial charge in [0.25, 0.3) is 0 Å². The molecule has 0 amide bonds. The average Bonchev–Trinajstić information content (AvgIpc) is 2.79. The lowest BCUT2D eigenvalue weighted by atomic mass is 10.3. The first-order chi connectivity index (χ1) is 8.59. The predicted octanol–water partition coefficient (Wildman–Crippen LogP) is 1.87. The summed E-state index contributed by atoms with van der Waals surface area (Å²) >= 11 is 1.68. The Hall–Kier alpha value is -0.720. The first-order valence-electron chi connectivity index (χ1n) is 6.02. The van der Waals surface area contributed by atoms with Crippen molar-refractivity contribution in [1.82, 2.24) is 14.7 Å². The van der Waals surface area contributed by atoms with E-state index in [0.29, 0.717) is 0 Å². The number of thiazole rings is 1. The van der Waals surface area contributed by atoms with Gasteiger partial charge in [0.2, 0.25) is 0 Å². The zero-order valence-electron chi connectivity index (χ0n) is 11.0. The lowest BCUT2D eigenvalue weighted by Gasteiger charge is -2.05. The number of fused-ring (bicyclic) bond motifs is 1. The normalized spacial score (nSPS) is 13.3. The second-order valence-electron chi connectivity index (χ2n) is 4.45. The van der Waals surface area contributed by atoms with Crippen LogP contribution in [0.15, 0.2) is 5.38 Å². The van der Waals surface area contributed by atoms with Crippen LogP contribution in [0.1, 0.15) is 23.5 Å². The summed E-state index contributed by atoms with van der Waals surface area (Å²) in [6.45, 7) is 5.88. The molecule has 2 rings (SSSR count). The third-order valence-corrected chi connectivity index (χ3v) is 4.71. The van der Waals surface area contributed by atoms with E-state index in [1.807, 2.05) is 0 Å². The molecule has 2 heterocycles. The highest BCUT2D eigenvalue weighted by Gasteiger charge is 2.11. The van der Waals surface area contributed by atoms with Crippen LogP contribution >= 0.6 is 11.3 Å². The Kier molecular flexibility index (Phi) is 4.53. The molecule has 0 aliphatic carbocycles. The van der Waals surface area contributed by atoms with Gasteiger partial charge in [0.05, 0.1) is 11.4 Å². The Morgan fingerprint density at radius 1 is 1.50 bits per heavy atom. The van der Waals surface area contributed by atoms with Gasteiger partial charge in [-0.25, -0.2) is 4.98 Å². The van der Waals surface area contributed by atoms with Crippen LogP contribution in [0.25, 0.3) is 4.96 Å². The number of nitrogens with one attached hydrogen (secondary N) is 1. The maximum absolute atomic E-state index is 10.9. The Balaban J connectivity index is 1.96. The second kappa shape index (κ2) is 5.95. The van der Waals surface area contributed by atoms with Gasteiger partial charge in [0.15, 0.2) is 4.96 Å². The van der Waals surface area contributed by atoms with E-state index in [0.717, 1.165) is 35.9 Å². The summed E-state index contributed by atoms with van der Waals surface area (Å²) in [7, 11) is -0.686. The highest BCUT2D eigenvalue weighted by Crippen LogP contribution is 2.20. The van der Waals surface area contributed by atoms with Crippen LogP contribution in [0.5, 0.6) is 0 Å². The van der Waals surface area contributed by atoms with Gasteiger partial charge >= 0.3 is 0 Å². The van der Waals surface area contributed by atoms with Crippen LogP contribution in [-0.2, 0) is 17.3 Å². The van der Waals surface area contributed by atoms with E-state index in [1.165, 1.54) is 11.4 Å². The highest BCUT2D eigenvalue weighted by molar-refractivity contribution is 7.84. The van der Waals surface area contributed by atoms with Gasteiger partial charge in [-0.2, -0.15) is 0 Å². The van der Waals surface area contributed by atoms with Gasteiger partial charge < -0.3 is 5.32 Å². The first kappa shape index (κ1) is 13.7. The molecule has 0 fully saturated rings. The molecule has 18 heavy (non-hydrogen) atoms. The smallest absolute Gasteiger partial charge is 0.194 e. The van der Waals surface area contributed by atoms with Gasteiger partial charge in [0.1, 0.15) is 0 Å². The molecule has 0 bridgehead atoms. The number of nitrogens with zero attached hydrogens (tertiary/aromatic N) is 2. The van der Waals surface area contributed by atoms with Crippen LogP contribution in [0.4, 0.5) is 0 Å². The predicted molar refractivity (Wildman–Crippen MR) is 77.8 cm³/mol. The van der Waals surface area contributed by atoms with Crippen LogP contribution in [0.2, 0.25) is 0 Å². The summed E-state index contributed by atoms with van der Waals surface area (Å²) in [6.07, 6.45) is 2.70. The van der Waals surface area contributed by atoms with Gasteiger partial charge in [-0.15, -0.1) is 11.3 Å². The topological polar surface area (TPSA) is 46.4 Å².